The molecule has 0 radical (unpaired) electrons. The van der Waals surface area contributed by atoms with Gasteiger partial charge in [-0.3, -0.25) is 9.59 Å². The smallest absolute Gasteiger partial charge is 0.407 e. The maximum Gasteiger partial charge on any atom is 0.407 e. The van der Waals surface area contributed by atoms with E-state index in [1.807, 2.05) is 34.6 Å². The fraction of sp³-hybridized carbons (Fsp3) is 0.861. The lowest BCUT2D eigenvalue weighted by atomic mass is 9.41. The van der Waals surface area contributed by atoms with E-state index in [-0.39, 0.29) is 63.2 Å². The fourth-order valence-corrected chi connectivity index (χ4v) is 11.5. The third-order valence-corrected chi connectivity index (χ3v) is 13.8. The molecule has 0 saturated heterocycles. The Balaban J connectivity index is 1.53. The van der Waals surface area contributed by atoms with Gasteiger partial charge in [0, 0.05) is 41.2 Å². The summed E-state index contributed by atoms with van der Waals surface area (Å²) in [6.45, 7) is 18.5. The second-order valence-corrected chi connectivity index (χ2v) is 17.4. The number of hydrogen-bond donors (Lipinski definition) is 2. The number of ether oxygens (including phenoxy) is 1. The van der Waals surface area contributed by atoms with Crippen molar-refractivity contribution in [1.29, 1.82) is 0 Å². The van der Waals surface area contributed by atoms with Crippen molar-refractivity contribution in [3.05, 3.63) is 12.2 Å². The van der Waals surface area contributed by atoms with Crippen LogP contribution in [-0.2, 0) is 14.3 Å². The van der Waals surface area contributed by atoms with Crippen LogP contribution in [0.1, 0.15) is 107 Å². The molecule has 5 saturated carbocycles. The van der Waals surface area contributed by atoms with Crippen LogP contribution >= 0.6 is 0 Å². The van der Waals surface area contributed by atoms with Crippen molar-refractivity contribution in [2.24, 2.45) is 50.7 Å². The van der Waals surface area contributed by atoms with Crippen LogP contribution in [0.3, 0.4) is 0 Å². The highest BCUT2D eigenvalue weighted by Gasteiger charge is 2.86. The number of Topliss-reactive ketones (excluding diaryl/α,β-unsaturated/α-hetero) is 1. The molecule has 0 heterocycles. The number of aliphatic hydroxyl groups is 1. The second-order valence-electron chi connectivity index (χ2n) is 17.4. The Kier molecular flexibility index (Phi) is 7.70. The molecule has 7 nitrogen and oxygen atoms in total. The van der Waals surface area contributed by atoms with E-state index in [9.17, 15) is 19.5 Å². The molecule has 11 atom stereocenters. The molecule has 5 aliphatic rings. The molecule has 7 heteroatoms. The van der Waals surface area contributed by atoms with Gasteiger partial charge in [0.05, 0.1) is 6.10 Å². The zero-order valence-corrected chi connectivity index (χ0v) is 28.7. The molecule has 0 unspecified atom stereocenters. The van der Waals surface area contributed by atoms with Crippen LogP contribution in [0, 0.1) is 50.7 Å². The fourth-order valence-electron chi connectivity index (χ4n) is 11.5. The van der Waals surface area contributed by atoms with E-state index in [1.54, 1.807) is 6.08 Å². The van der Waals surface area contributed by atoms with E-state index in [1.165, 1.54) is 0 Å². The molecule has 2 spiro atoms. The minimum atomic E-state index is -0.608. The lowest BCUT2D eigenvalue weighted by molar-refractivity contribution is -0.168. The summed E-state index contributed by atoms with van der Waals surface area (Å²) in [6.07, 6.45) is 8.61. The largest absolute Gasteiger partial charge is 0.444 e. The van der Waals surface area contributed by atoms with Crippen LogP contribution in [0.15, 0.2) is 12.2 Å². The number of fused-ring (bicyclic) bond motifs is 2. The number of carbonyl (C=O) groups excluding carboxylic acids is 3. The summed E-state index contributed by atoms with van der Waals surface area (Å²) in [6, 6.07) is -0.0176. The van der Waals surface area contributed by atoms with Crippen molar-refractivity contribution in [1.82, 2.24) is 10.2 Å². The van der Waals surface area contributed by atoms with Crippen LogP contribution in [0.2, 0.25) is 0 Å². The van der Waals surface area contributed by atoms with Gasteiger partial charge >= 0.3 is 6.09 Å². The van der Waals surface area contributed by atoms with E-state index in [2.05, 4.69) is 58.1 Å². The standard InChI is InChI=1S/C36H58N2O5/c1-21(2)23(39)14-16-32(7)25-12-13-26-33(8)18-24(40)29(22(3)38(10)11)34(33,9)19-28(41)36(26)20-35(25,36)17-15-27(32)37-30(42)43-31(4,5)6/h14,16,21-22,24-27,29,40H,12-13,15,17-20H2,1-11H3,(H,37,42)/b16-14+/t22-,24+,25-,26-,27-,29-,32-,33-,34+,35+,36+/m0/s1. The molecule has 0 aliphatic heterocycles. The number of alkyl carbamates (subject to hydrolysis) is 1. The van der Waals surface area contributed by atoms with Gasteiger partial charge in [-0.15, -0.1) is 0 Å². The minimum Gasteiger partial charge on any atom is -0.444 e. The van der Waals surface area contributed by atoms with Crippen molar-refractivity contribution < 1.29 is 24.2 Å². The highest BCUT2D eigenvalue weighted by atomic mass is 16.6. The average molecular weight is 599 g/mol. The quantitative estimate of drug-likeness (QED) is 0.355. The van der Waals surface area contributed by atoms with E-state index in [4.69, 9.17) is 4.74 Å². The first-order valence-electron chi connectivity index (χ1n) is 16.8. The lowest BCUT2D eigenvalue weighted by Gasteiger charge is -2.62. The third kappa shape index (κ3) is 4.52. The van der Waals surface area contributed by atoms with Crippen molar-refractivity contribution >= 4 is 17.7 Å². The van der Waals surface area contributed by atoms with Crippen LogP contribution in [0.4, 0.5) is 4.79 Å². The number of hydrogen-bond acceptors (Lipinski definition) is 6. The van der Waals surface area contributed by atoms with Gasteiger partial charge in [0.2, 0.25) is 0 Å². The van der Waals surface area contributed by atoms with E-state index in [0.717, 1.165) is 38.5 Å². The predicted molar refractivity (Wildman–Crippen MR) is 168 cm³/mol. The number of nitrogens with one attached hydrogen (secondary N) is 1. The number of allylic oxidation sites excluding steroid dienone is 1. The predicted octanol–water partition coefficient (Wildman–Crippen LogP) is 6.18. The summed E-state index contributed by atoms with van der Waals surface area (Å²) in [4.78, 5) is 42.8. The summed E-state index contributed by atoms with van der Waals surface area (Å²) in [5.41, 5.74) is -2.01. The Bertz CT molecular complexity index is 1200. The molecular formula is C36H58N2O5. The van der Waals surface area contributed by atoms with Crippen molar-refractivity contribution in [3.63, 3.8) is 0 Å². The van der Waals surface area contributed by atoms with E-state index < -0.39 is 23.2 Å². The number of amides is 1. The molecule has 242 valence electrons. The van der Waals surface area contributed by atoms with Gasteiger partial charge in [0.15, 0.2) is 5.78 Å². The number of carbonyl (C=O) groups is 3. The number of nitrogens with zero attached hydrogens (tertiary/aromatic N) is 1. The van der Waals surface area contributed by atoms with Gasteiger partial charge in [-0.25, -0.2) is 4.79 Å². The van der Waals surface area contributed by atoms with Crippen LogP contribution < -0.4 is 5.32 Å². The van der Waals surface area contributed by atoms with E-state index in [0.29, 0.717) is 12.2 Å². The van der Waals surface area contributed by atoms with Gasteiger partial charge in [-0.2, -0.15) is 0 Å². The Labute approximate surface area is 259 Å². The molecule has 1 amide bonds. The molecule has 2 N–H and O–H groups in total. The van der Waals surface area contributed by atoms with Crippen LogP contribution in [-0.4, -0.2) is 65.6 Å². The molecule has 43 heavy (non-hydrogen) atoms. The van der Waals surface area contributed by atoms with Gasteiger partial charge in [-0.05, 0) is 114 Å². The summed E-state index contributed by atoms with van der Waals surface area (Å²) in [7, 11) is 4.15. The Morgan fingerprint density at radius 1 is 1.05 bits per heavy atom. The molecule has 0 aromatic heterocycles. The van der Waals surface area contributed by atoms with E-state index >= 15 is 0 Å². The normalized spacial score (nSPS) is 46.2. The summed E-state index contributed by atoms with van der Waals surface area (Å²) in [5.74, 6) is 0.814. The number of ketones is 2. The molecular weight excluding hydrogens is 540 g/mol. The Morgan fingerprint density at radius 3 is 2.26 bits per heavy atom. The van der Waals surface area contributed by atoms with Crippen molar-refractivity contribution in [2.45, 2.75) is 131 Å². The highest BCUT2D eigenvalue weighted by molar-refractivity contribution is 5.92. The molecule has 0 aromatic rings. The molecule has 0 bridgehead atoms. The molecule has 5 aliphatic carbocycles. The van der Waals surface area contributed by atoms with Gasteiger partial charge in [-0.1, -0.05) is 40.7 Å². The summed E-state index contributed by atoms with van der Waals surface area (Å²) < 4.78 is 5.68. The Hall–Kier alpha value is -1.73. The zero-order valence-electron chi connectivity index (χ0n) is 28.7. The first-order chi connectivity index (χ1) is 19.7. The maximum absolute atomic E-state index is 14.7. The van der Waals surface area contributed by atoms with Crippen LogP contribution in [0.25, 0.3) is 0 Å². The van der Waals surface area contributed by atoms with Crippen LogP contribution in [0.5, 0.6) is 0 Å². The number of aliphatic hydroxyl groups excluding tert-OH is 1. The summed E-state index contributed by atoms with van der Waals surface area (Å²) in [5, 5.41) is 14.8. The SMILES string of the molecule is CC(C)C(=O)/C=C/[C@]1(C)[C@@H](NC(=O)OC(C)(C)C)CC[C@]23C[C@@]24C(=O)C[C@]2(C)[C@@H]([C@H](C)N(C)C)[C@H](O)C[C@@]2(C)[C@@H]4CC[C@@H]13. The molecule has 5 fully saturated rings. The third-order valence-electron chi connectivity index (χ3n) is 13.8. The number of rotatable bonds is 6. The average Bonchev–Trinajstić information content (AvgIpc) is 3.51. The van der Waals surface area contributed by atoms with Gasteiger partial charge < -0.3 is 20.1 Å². The van der Waals surface area contributed by atoms with Crippen molar-refractivity contribution in [3.8, 4) is 0 Å². The molecule has 5 rings (SSSR count). The first-order valence-corrected chi connectivity index (χ1v) is 16.8. The highest BCUT2D eigenvalue weighted by Crippen LogP contribution is 2.88. The van der Waals surface area contributed by atoms with Gasteiger partial charge in [0.1, 0.15) is 11.4 Å². The first kappa shape index (κ1) is 32.7. The zero-order chi connectivity index (χ0) is 32.1. The van der Waals surface area contributed by atoms with Crippen molar-refractivity contribution in [2.75, 3.05) is 14.1 Å². The van der Waals surface area contributed by atoms with Gasteiger partial charge in [0.25, 0.3) is 0 Å². The minimum absolute atomic E-state index is 0.0465. The second kappa shape index (κ2) is 10.1. The maximum atomic E-state index is 14.7. The topological polar surface area (TPSA) is 95.9 Å². The lowest BCUT2D eigenvalue weighted by Crippen LogP contribution is -2.63. The summed E-state index contributed by atoms with van der Waals surface area (Å²) >= 11 is 0. The molecule has 0 aromatic carbocycles. The Morgan fingerprint density at radius 2 is 1.67 bits per heavy atom. The monoisotopic (exact) mass is 598 g/mol.